The standard InChI is InChI=1S/C18H17NO2S/c1-12-4-2-3-5-14(12)10-22-11-17(20)13-6-7-16-15(8-13)9-18(21)19-16/h2-8H,9-11H2,1H3,(H,19,21). The number of nitrogens with one attached hydrogen (secondary N) is 1. The Hall–Kier alpha value is -2.07. The predicted octanol–water partition coefficient (Wildman–Crippen LogP) is 3.61. The van der Waals surface area contributed by atoms with Crippen LogP contribution in [0, 0.1) is 6.92 Å². The zero-order chi connectivity index (χ0) is 15.5. The normalized spacial score (nSPS) is 12.9. The van der Waals surface area contributed by atoms with Gasteiger partial charge in [-0.1, -0.05) is 24.3 Å². The predicted molar refractivity (Wildman–Crippen MR) is 90.4 cm³/mol. The van der Waals surface area contributed by atoms with Crippen molar-refractivity contribution in [2.75, 3.05) is 11.1 Å². The third-order valence-corrected chi connectivity index (χ3v) is 4.79. The number of rotatable bonds is 5. The first kappa shape index (κ1) is 14.9. The smallest absolute Gasteiger partial charge is 0.228 e. The van der Waals surface area contributed by atoms with Crippen LogP contribution in [0.3, 0.4) is 0 Å². The number of amides is 1. The highest BCUT2D eigenvalue weighted by Crippen LogP contribution is 2.25. The summed E-state index contributed by atoms with van der Waals surface area (Å²) < 4.78 is 0. The lowest BCUT2D eigenvalue weighted by atomic mass is 10.1. The molecule has 0 radical (unpaired) electrons. The molecule has 0 saturated heterocycles. The Bertz CT molecular complexity index is 740. The Kier molecular flexibility index (Phi) is 4.29. The summed E-state index contributed by atoms with van der Waals surface area (Å²) in [4.78, 5) is 23.6. The molecule has 0 aliphatic carbocycles. The van der Waals surface area contributed by atoms with Crippen LogP contribution >= 0.6 is 11.8 Å². The number of Topliss-reactive ketones (excluding diaryl/α,β-unsaturated/α-hetero) is 1. The zero-order valence-electron chi connectivity index (χ0n) is 12.4. The maximum absolute atomic E-state index is 12.3. The van der Waals surface area contributed by atoms with Gasteiger partial charge in [0, 0.05) is 17.0 Å². The fourth-order valence-corrected chi connectivity index (χ4v) is 3.51. The number of carbonyl (C=O) groups is 2. The van der Waals surface area contributed by atoms with E-state index < -0.39 is 0 Å². The fraction of sp³-hybridized carbons (Fsp3) is 0.222. The molecular formula is C18H17NO2S. The first-order chi connectivity index (χ1) is 10.6. The van der Waals surface area contributed by atoms with Gasteiger partial charge in [0.2, 0.25) is 5.91 Å². The highest BCUT2D eigenvalue weighted by molar-refractivity contribution is 7.99. The van der Waals surface area contributed by atoms with Crippen LogP contribution in [-0.2, 0) is 17.0 Å². The van der Waals surface area contributed by atoms with Crippen molar-refractivity contribution in [1.82, 2.24) is 0 Å². The minimum Gasteiger partial charge on any atom is -0.326 e. The molecule has 2 aromatic rings. The molecule has 1 heterocycles. The molecular weight excluding hydrogens is 294 g/mol. The monoisotopic (exact) mass is 311 g/mol. The summed E-state index contributed by atoms with van der Waals surface area (Å²) in [6, 6.07) is 13.7. The Balaban J connectivity index is 1.60. The first-order valence-corrected chi connectivity index (χ1v) is 8.37. The minimum absolute atomic E-state index is 0.00599. The van der Waals surface area contributed by atoms with Crippen molar-refractivity contribution in [1.29, 1.82) is 0 Å². The molecule has 1 aliphatic rings. The highest BCUT2D eigenvalue weighted by atomic mass is 32.2. The van der Waals surface area contributed by atoms with E-state index >= 15 is 0 Å². The van der Waals surface area contributed by atoms with Gasteiger partial charge in [0.25, 0.3) is 0 Å². The molecule has 0 bridgehead atoms. The van der Waals surface area contributed by atoms with Gasteiger partial charge in [0.05, 0.1) is 12.2 Å². The van der Waals surface area contributed by atoms with E-state index in [-0.39, 0.29) is 11.7 Å². The summed E-state index contributed by atoms with van der Waals surface area (Å²) in [5, 5.41) is 2.78. The summed E-state index contributed by atoms with van der Waals surface area (Å²) >= 11 is 1.63. The second-order valence-corrected chi connectivity index (χ2v) is 6.42. The van der Waals surface area contributed by atoms with Crippen molar-refractivity contribution in [3.8, 4) is 0 Å². The molecule has 1 aliphatic heterocycles. The van der Waals surface area contributed by atoms with Crippen molar-refractivity contribution in [3.63, 3.8) is 0 Å². The molecule has 0 unspecified atom stereocenters. The summed E-state index contributed by atoms with van der Waals surface area (Å²) in [6.07, 6.45) is 0.368. The Labute approximate surface area is 134 Å². The van der Waals surface area contributed by atoms with E-state index in [2.05, 4.69) is 24.4 Å². The van der Waals surface area contributed by atoms with Crippen molar-refractivity contribution in [2.24, 2.45) is 0 Å². The molecule has 1 N–H and O–H groups in total. The second kappa shape index (κ2) is 6.36. The van der Waals surface area contributed by atoms with Gasteiger partial charge in [-0.3, -0.25) is 9.59 Å². The molecule has 0 aromatic heterocycles. The van der Waals surface area contributed by atoms with Crippen LogP contribution in [0.25, 0.3) is 0 Å². The number of thioether (sulfide) groups is 1. The molecule has 22 heavy (non-hydrogen) atoms. The van der Waals surface area contributed by atoms with Crippen molar-refractivity contribution < 1.29 is 9.59 Å². The topological polar surface area (TPSA) is 46.2 Å². The van der Waals surface area contributed by atoms with Crippen molar-refractivity contribution in [3.05, 3.63) is 64.7 Å². The van der Waals surface area contributed by atoms with Crippen LogP contribution < -0.4 is 5.32 Å². The molecule has 112 valence electrons. The number of benzene rings is 2. The van der Waals surface area contributed by atoms with Gasteiger partial charge in [0.15, 0.2) is 5.78 Å². The summed E-state index contributed by atoms with van der Waals surface area (Å²) in [5.74, 6) is 1.40. The van der Waals surface area contributed by atoms with E-state index in [1.54, 1.807) is 17.8 Å². The average molecular weight is 311 g/mol. The van der Waals surface area contributed by atoms with Crippen LogP contribution in [0.15, 0.2) is 42.5 Å². The maximum Gasteiger partial charge on any atom is 0.228 e. The van der Waals surface area contributed by atoms with Crippen LogP contribution in [0.1, 0.15) is 27.0 Å². The summed E-state index contributed by atoms with van der Waals surface area (Å²) in [5.41, 5.74) is 4.95. The molecule has 1 amide bonds. The molecule has 2 aromatic carbocycles. The van der Waals surface area contributed by atoms with Crippen LogP contribution in [0.2, 0.25) is 0 Å². The number of fused-ring (bicyclic) bond motifs is 1. The molecule has 3 nitrogen and oxygen atoms in total. The largest absolute Gasteiger partial charge is 0.326 e. The van der Waals surface area contributed by atoms with Crippen LogP contribution in [-0.4, -0.2) is 17.4 Å². The quantitative estimate of drug-likeness (QED) is 0.858. The Morgan fingerprint density at radius 3 is 2.86 bits per heavy atom. The van der Waals surface area contributed by atoms with E-state index in [0.29, 0.717) is 17.7 Å². The number of aryl methyl sites for hydroxylation is 1. The van der Waals surface area contributed by atoms with Crippen LogP contribution in [0.5, 0.6) is 0 Å². The van der Waals surface area contributed by atoms with Gasteiger partial charge < -0.3 is 5.32 Å². The molecule has 4 heteroatoms. The molecule has 0 fully saturated rings. The number of carbonyl (C=O) groups excluding carboxylic acids is 2. The third kappa shape index (κ3) is 3.22. The number of hydrogen-bond donors (Lipinski definition) is 1. The van der Waals surface area contributed by atoms with E-state index in [1.165, 1.54) is 11.1 Å². The minimum atomic E-state index is -0.00599. The third-order valence-electron chi connectivity index (χ3n) is 3.80. The second-order valence-electron chi connectivity index (χ2n) is 5.44. The molecule has 0 saturated carbocycles. The summed E-state index contributed by atoms with van der Waals surface area (Å²) in [6.45, 7) is 2.09. The molecule has 0 atom stereocenters. The average Bonchev–Trinajstić information content (AvgIpc) is 2.88. The Morgan fingerprint density at radius 1 is 1.23 bits per heavy atom. The number of hydrogen-bond acceptors (Lipinski definition) is 3. The van der Waals surface area contributed by atoms with Gasteiger partial charge in [-0.2, -0.15) is 0 Å². The maximum atomic E-state index is 12.3. The summed E-state index contributed by atoms with van der Waals surface area (Å²) in [7, 11) is 0. The molecule has 3 rings (SSSR count). The van der Waals surface area contributed by atoms with Gasteiger partial charge in [0.1, 0.15) is 0 Å². The fourth-order valence-electron chi connectivity index (χ4n) is 2.51. The zero-order valence-corrected chi connectivity index (χ0v) is 13.2. The van der Waals surface area contributed by atoms with Gasteiger partial charge >= 0.3 is 0 Å². The van der Waals surface area contributed by atoms with E-state index in [1.807, 2.05) is 24.3 Å². The SMILES string of the molecule is Cc1ccccc1CSCC(=O)c1ccc2c(c1)CC(=O)N2. The number of ketones is 1. The van der Waals surface area contributed by atoms with Gasteiger partial charge in [-0.05, 0) is 41.8 Å². The molecule has 0 spiro atoms. The van der Waals surface area contributed by atoms with Crippen LogP contribution in [0.4, 0.5) is 5.69 Å². The lowest BCUT2D eigenvalue weighted by Gasteiger charge is -2.06. The first-order valence-electron chi connectivity index (χ1n) is 7.22. The van der Waals surface area contributed by atoms with E-state index in [4.69, 9.17) is 0 Å². The van der Waals surface area contributed by atoms with E-state index in [9.17, 15) is 9.59 Å². The van der Waals surface area contributed by atoms with Gasteiger partial charge in [-0.15, -0.1) is 11.8 Å². The highest BCUT2D eigenvalue weighted by Gasteiger charge is 2.19. The lowest BCUT2D eigenvalue weighted by molar-refractivity contribution is -0.115. The number of anilines is 1. The van der Waals surface area contributed by atoms with Crippen molar-refractivity contribution in [2.45, 2.75) is 19.1 Å². The van der Waals surface area contributed by atoms with Gasteiger partial charge in [-0.25, -0.2) is 0 Å². The van der Waals surface area contributed by atoms with E-state index in [0.717, 1.165) is 17.0 Å². The Morgan fingerprint density at radius 2 is 2.05 bits per heavy atom. The lowest BCUT2D eigenvalue weighted by Crippen LogP contribution is -2.03. The van der Waals surface area contributed by atoms with Crippen molar-refractivity contribution >= 4 is 29.1 Å².